The first-order valence-corrected chi connectivity index (χ1v) is 8.52. The monoisotopic (exact) mass is 324 g/mol. The molecule has 0 unspecified atom stereocenters. The molecule has 1 fully saturated rings. The van der Waals surface area contributed by atoms with Gasteiger partial charge in [-0.05, 0) is 49.8 Å². The molecule has 126 valence electrons. The van der Waals surface area contributed by atoms with Gasteiger partial charge in [-0.25, -0.2) is 0 Å². The van der Waals surface area contributed by atoms with Gasteiger partial charge in [0.15, 0.2) is 0 Å². The van der Waals surface area contributed by atoms with Crippen molar-refractivity contribution in [3.05, 3.63) is 70.1 Å². The Morgan fingerprint density at radius 1 is 1.12 bits per heavy atom. The van der Waals surface area contributed by atoms with E-state index in [1.54, 1.807) is 12.3 Å². The smallest absolute Gasteiger partial charge is 0.248 e. The first-order valence-electron chi connectivity index (χ1n) is 8.52. The Balaban J connectivity index is 1.68. The highest BCUT2D eigenvalue weighted by atomic mass is 16.2. The summed E-state index contributed by atoms with van der Waals surface area (Å²) < 4.78 is 0. The van der Waals surface area contributed by atoms with Crippen LogP contribution in [-0.4, -0.2) is 28.9 Å². The molecular weight excluding hydrogens is 300 g/mol. The highest BCUT2D eigenvalue weighted by Gasteiger charge is 2.35. The maximum absolute atomic E-state index is 13.0. The summed E-state index contributed by atoms with van der Waals surface area (Å²) in [6, 6.07) is 13.6. The minimum Gasteiger partial charge on any atom is -0.342 e. The van der Waals surface area contributed by atoms with Crippen LogP contribution in [0.25, 0.3) is 0 Å². The van der Waals surface area contributed by atoms with Gasteiger partial charge in [0.1, 0.15) is 0 Å². The highest BCUT2D eigenvalue weighted by Crippen LogP contribution is 2.31. The number of pyridine rings is 1. The average molecular weight is 324 g/mol. The molecule has 1 aliphatic rings. The summed E-state index contributed by atoms with van der Waals surface area (Å²) in [7, 11) is 0. The first kappa shape index (κ1) is 16.5. The van der Waals surface area contributed by atoms with Crippen molar-refractivity contribution in [1.82, 2.24) is 9.88 Å². The number of likely N-dealkylation sites (tertiary alicyclic amines) is 1. The van der Waals surface area contributed by atoms with E-state index in [1.165, 1.54) is 0 Å². The molecule has 1 saturated heterocycles. The second kappa shape index (κ2) is 6.63. The molecule has 0 aliphatic carbocycles. The summed E-state index contributed by atoms with van der Waals surface area (Å²) in [5, 5.41) is 0. The van der Waals surface area contributed by atoms with Gasteiger partial charge in [-0.3, -0.25) is 9.59 Å². The molecule has 24 heavy (non-hydrogen) atoms. The Labute approximate surface area is 142 Å². The van der Waals surface area contributed by atoms with E-state index in [0.29, 0.717) is 5.92 Å². The number of H-pyrrole nitrogens is 1. The lowest BCUT2D eigenvalue weighted by Gasteiger charge is -2.37. The number of carbonyl (C=O) groups is 1. The number of hydrogen-bond acceptors (Lipinski definition) is 2. The topological polar surface area (TPSA) is 53.2 Å². The van der Waals surface area contributed by atoms with E-state index < -0.39 is 5.41 Å². The summed E-state index contributed by atoms with van der Waals surface area (Å²) in [5.41, 5.74) is 1.55. The maximum Gasteiger partial charge on any atom is 0.248 e. The van der Waals surface area contributed by atoms with E-state index in [9.17, 15) is 9.59 Å². The number of rotatable bonds is 3. The second-order valence-electron chi connectivity index (χ2n) is 7.04. The molecule has 4 nitrogen and oxygen atoms in total. The van der Waals surface area contributed by atoms with Gasteiger partial charge in [0, 0.05) is 25.4 Å². The third-order valence-electron chi connectivity index (χ3n) is 5.08. The van der Waals surface area contributed by atoms with Gasteiger partial charge in [0.2, 0.25) is 11.5 Å². The molecule has 1 amide bonds. The lowest BCUT2D eigenvalue weighted by Crippen LogP contribution is -2.46. The Kier molecular flexibility index (Phi) is 4.56. The van der Waals surface area contributed by atoms with Crippen molar-refractivity contribution in [2.75, 3.05) is 13.1 Å². The minimum atomic E-state index is -0.516. The average Bonchev–Trinajstić information content (AvgIpc) is 2.62. The molecule has 2 aromatic rings. The fraction of sp³-hybridized carbons (Fsp3) is 0.400. The Hall–Kier alpha value is -2.36. The molecule has 3 rings (SSSR count). The Morgan fingerprint density at radius 3 is 2.42 bits per heavy atom. The van der Waals surface area contributed by atoms with Crippen LogP contribution in [0.1, 0.15) is 43.7 Å². The second-order valence-corrected chi connectivity index (χ2v) is 7.04. The molecular formula is C20H24N2O2. The molecule has 0 bridgehead atoms. The molecule has 0 saturated carbocycles. The van der Waals surface area contributed by atoms with Crippen LogP contribution in [0.5, 0.6) is 0 Å². The number of aromatic nitrogens is 1. The highest BCUT2D eigenvalue weighted by molar-refractivity contribution is 5.87. The fourth-order valence-corrected chi connectivity index (χ4v) is 3.50. The molecule has 4 heteroatoms. The van der Waals surface area contributed by atoms with Gasteiger partial charge in [-0.15, -0.1) is 0 Å². The van der Waals surface area contributed by atoms with E-state index in [4.69, 9.17) is 0 Å². The molecule has 1 aromatic carbocycles. The number of hydrogen-bond donors (Lipinski definition) is 1. The van der Waals surface area contributed by atoms with E-state index in [0.717, 1.165) is 37.1 Å². The molecule has 2 heterocycles. The zero-order valence-electron chi connectivity index (χ0n) is 14.3. The number of amides is 1. The minimum absolute atomic E-state index is 0.0591. The lowest BCUT2D eigenvalue weighted by molar-refractivity contribution is -0.137. The van der Waals surface area contributed by atoms with Crippen LogP contribution in [0, 0.1) is 0 Å². The van der Waals surface area contributed by atoms with E-state index in [2.05, 4.69) is 4.98 Å². The van der Waals surface area contributed by atoms with Crippen LogP contribution >= 0.6 is 0 Å². The van der Waals surface area contributed by atoms with Gasteiger partial charge in [0.25, 0.3) is 0 Å². The molecule has 1 aromatic heterocycles. The summed E-state index contributed by atoms with van der Waals surface area (Å²) in [6.45, 7) is 5.47. The fourth-order valence-electron chi connectivity index (χ4n) is 3.50. The number of nitrogens with one attached hydrogen (secondary N) is 1. The summed E-state index contributed by atoms with van der Waals surface area (Å²) in [6.07, 6.45) is 3.51. The normalized spacial score (nSPS) is 16.2. The third-order valence-corrected chi connectivity index (χ3v) is 5.08. The molecule has 0 spiro atoms. The Morgan fingerprint density at radius 2 is 1.79 bits per heavy atom. The van der Waals surface area contributed by atoms with E-state index >= 15 is 0 Å². The van der Waals surface area contributed by atoms with Gasteiger partial charge >= 0.3 is 0 Å². The van der Waals surface area contributed by atoms with E-state index in [-0.39, 0.29) is 11.5 Å². The molecule has 0 atom stereocenters. The van der Waals surface area contributed by atoms with Crippen molar-refractivity contribution < 1.29 is 4.79 Å². The lowest BCUT2D eigenvalue weighted by atomic mass is 9.82. The number of carbonyl (C=O) groups excluding carboxylic acids is 1. The van der Waals surface area contributed by atoms with Crippen LogP contribution in [-0.2, 0) is 10.2 Å². The van der Waals surface area contributed by atoms with Gasteiger partial charge in [-0.1, -0.05) is 30.3 Å². The molecule has 0 radical (unpaired) electrons. The largest absolute Gasteiger partial charge is 0.342 e. The van der Waals surface area contributed by atoms with Crippen molar-refractivity contribution >= 4 is 5.91 Å². The van der Waals surface area contributed by atoms with Crippen LogP contribution < -0.4 is 5.56 Å². The van der Waals surface area contributed by atoms with Gasteiger partial charge in [-0.2, -0.15) is 0 Å². The zero-order chi connectivity index (χ0) is 17.2. The van der Waals surface area contributed by atoms with E-state index in [1.807, 2.05) is 55.1 Å². The standard InChI is InChI=1S/C20H24N2O2/c1-20(2,17-6-4-3-5-7-17)19(24)22-12-9-15(10-13-22)16-8-11-21-18(23)14-16/h3-8,11,14-15H,9-10,12-13H2,1-2H3,(H,21,23). The van der Waals surface area contributed by atoms with Crippen molar-refractivity contribution in [2.24, 2.45) is 0 Å². The molecule has 1 N–H and O–H groups in total. The first-order chi connectivity index (χ1) is 11.5. The number of piperidine rings is 1. The third kappa shape index (κ3) is 3.28. The van der Waals surface area contributed by atoms with Crippen molar-refractivity contribution in [3.8, 4) is 0 Å². The summed E-state index contributed by atoms with van der Waals surface area (Å²) in [5.74, 6) is 0.536. The SMILES string of the molecule is CC(C)(C(=O)N1CCC(c2cc[nH]c(=O)c2)CC1)c1ccccc1. The number of aromatic amines is 1. The predicted molar refractivity (Wildman–Crippen MR) is 95.1 cm³/mol. The van der Waals surface area contributed by atoms with Crippen LogP contribution in [0.4, 0.5) is 0 Å². The molecule has 1 aliphatic heterocycles. The predicted octanol–water partition coefficient (Wildman–Crippen LogP) is 3.06. The zero-order valence-corrected chi connectivity index (χ0v) is 14.3. The Bertz CT molecular complexity index is 756. The van der Waals surface area contributed by atoms with Gasteiger partial charge < -0.3 is 9.88 Å². The number of nitrogens with zero attached hydrogens (tertiary/aromatic N) is 1. The maximum atomic E-state index is 13.0. The summed E-state index contributed by atoms with van der Waals surface area (Å²) in [4.78, 5) is 29.1. The number of benzene rings is 1. The quantitative estimate of drug-likeness (QED) is 0.943. The van der Waals surface area contributed by atoms with Crippen molar-refractivity contribution in [2.45, 2.75) is 38.0 Å². The van der Waals surface area contributed by atoms with Gasteiger partial charge in [0.05, 0.1) is 5.41 Å². The van der Waals surface area contributed by atoms with Crippen molar-refractivity contribution in [1.29, 1.82) is 0 Å². The van der Waals surface area contributed by atoms with Crippen molar-refractivity contribution in [3.63, 3.8) is 0 Å². The van der Waals surface area contributed by atoms with Crippen LogP contribution in [0.2, 0.25) is 0 Å². The van der Waals surface area contributed by atoms with Crippen LogP contribution in [0.15, 0.2) is 53.5 Å². The van der Waals surface area contributed by atoms with Crippen LogP contribution in [0.3, 0.4) is 0 Å². The summed E-state index contributed by atoms with van der Waals surface area (Å²) >= 11 is 0.